The van der Waals surface area contributed by atoms with Crippen molar-refractivity contribution in [3.05, 3.63) is 40.6 Å². The van der Waals surface area contributed by atoms with Crippen LogP contribution in [0.5, 0.6) is 0 Å². The van der Waals surface area contributed by atoms with Gasteiger partial charge in [0.2, 0.25) is 0 Å². The zero-order valence-electron chi connectivity index (χ0n) is 10.8. The molecule has 2 heterocycles. The first kappa shape index (κ1) is 13.1. The topological polar surface area (TPSA) is 88.0 Å². The van der Waals surface area contributed by atoms with Crippen molar-refractivity contribution in [3.63, 3.8) is 0 Å². The van der Waals surface area contributed by atoms with Gasteiger partial charge in [-0.05, 0) is 24.1 Å². The third kappa shape index (κ3) is 3.31. The van der Waals surface area contributed by atoms with Gasteiger partial charge in [-0.1, -0.05) is 13.8 Å². The van der Waals surface area contributed by atoms with Gasteiger partial charge >= 0.3 is 5.69 Å². The second-order valence-corrected chi connectivity index (χ2v) is 4.57. The van der Waals surface area contributed by atoms with Crippen LogP contribution in [0, 0.1) is 5.92 Å². The summed E-state index contributed by atoms with van der Waals surface area (Å²) in [7, 11) is 0. The number of carbonyl (C=O) groups is 1. The fraction of sp³-hybridized carbons (Fsp3) is 0.308. The van der Waals surface area contributed by atoms with Crippen LogP contribution in [-0.2, 0) is 0 Å². The van der Waals surface area contributed by atoms with E-state index < -0.39 is 5.69 Å². The highest BCUT2D eigenvalue weighted by molar-refractivity contribution is 5.92. The molecule has 0 unspecified atom stereocenters. The SMILES string of the molecule is CC(C)CNC(=O)c1cc(-c2ccco2)[nH]c(=O)n1. The Bertz CT molecular complexity index is 614. The molecule has 100 valence electrons. The van der Waals surface area contributed by atoms with E-state index >= 15 is 0 Å². The predicted molar refractivity (Wildman–Crippen MR) is 69.7 cm³/mol. The summed E-state index contributed by atoms with van der Waals surface area (Å²) in [6.07, 6.45) is 1.49. The van der Waals surface area contributed by atoms with Gasteiger partial charge in [0.25, 0.3) is 5.91 Å². The number of nitrogens with one attached hydrogen (secondary N) is 2. The van der Waals surface area contributed by atoms with E-state index in [2.05, 4.69) is 15.3 Å². The van der Waals surface area contributed by atoms with Gasteiger partial charge < -0.3 is 14.7 Å². The highest BCUT2D eigenvalue weighted by Crippen LogP contribution is 2.16. The van der Waals surface area contributed by atoms with Crippen molar-refractivity contribution in [1.29, 1.82) is 0 Å². The van der Waals surface area contributed by atoms with Crippen LogP contribution in [0.15, 0.2) is 33.7 Å². The maximum absolute atomic E-state index is 11.9. The van der Waals surface area contributed by atoms with E-state index in [-0.39, 0.29) is 11.6 Å². The second-order valence-electron chi connectivity index (χ2n) is 4.57. The molecule has 0 bridgehead atoms. The molecule has 0 spiro atoms. The standard InChI is InChI=1S/C13H15N3O3/c1-8(2)7-14-12(17)10-6-9(15-13(18)16-10)11-4-3-5-19-11/h3-6,8H,7H2,1-2H3,(H,14,17)(H,15,16,18). The first-order chi connectivity index (χ1) is 9.06. The molecule has 0 aliphatic rings. The van der Waals surface area contributed by atoms with E-state index in [4.69, 9.17) is 4.42 Å². The van der Waals surface area contributed by atoms with E-state index in [1.165, 1.54) is 12.3 Å². The fourth-order valence-electron chi connectivity index (χ4n) is 1.53. The number of nitrogens with zero attached hydrogens (tertiary/aromatic N) is 1. The van der Waals surface area contributed by atoms with Gasteiger partial charge in [0.15, 0.2) is 0 Å². The quantitative estimate of drug-likeness (QED) is 0.871. The molecule has 19 heavy (non-hydrogen) atoms. The Kier molecular flexibility index (Phi) is 3.79. The first-order valence-electron chi connectivity index (χ1n) is 5.99. The van der Waals surface area contributed by atoms with Crippen LogP contribution >= 0.6 is 0 Å². The van der Waals surface area contributed by atoms with Gasteiger partial charge in [-0.3, -0.25) is 4.79 Å². The van der Waals surface area contributed by atoms with E-state index in [0.29, 0.717) is 23.9 Å². The number of amides is 1. The molecule has 6 nitrogen and oxygen atoms in total. The van der Waals surface area contributed by atoms with E-state index in [1.807, 2.05) is 13.8 Å². The molecule has 0 saturated heterocycles. The molecular formula is C13H15N3O3. The molecular weight excluding hydrogens is 246 g/mol. The maximum atomic E-state index is 11.9. The summed E-state index contributed by atoms with van der Waals surface area (Å²) < 4.78 is 5.18. The molecule has 2 N–H and O–H groups in total. The molecule has 0 saturated carbocycles. The highest BCUT2D eigenvalue weighted by Gasteiger charge is 2.12. The Morgan fingerprint density at radius 2 is 2.32 bits per heavy atom. The van der Waals surface area contributed by atoms with Gasteiger partial charge in [0.05, 0.1) is 12.0 Å². The predicted octanol–water partition coefficient (Wildman–Crippen LogP) is 1.42. The third-order valence-electron chi connectivity index (χ3n) is 2.43. The largest absolute Gasteiger partial charge is 0.463 e. The fourth-order valence-corrected chi connectivity index (χ4v) is 1.53. The van der Waals surface area contributed by atoms with Crippen LogP contribution in [0.2, 0.25) is 0 Å². The van der Waals surface area contributed by atoms with Crippen molar-refractivity contribution in [3.8, 4) is 11.5 Å². The van der Waals surface area contributed by atoms with E-state index in [9.17, 15) is 9.59 Å². The number of aromatic amines is 1. The van der Waals surface area contributed by atoms with E-state index in [1.54, 1.807) is 12.1 Å². The van der Waals surface area contributed by atoms with Gasteiger partial charge in [-0.2, -0.15) is 4.98 Å². The minimum atomic E-state index is -0.580. The van der Waals surface area contributed by atoms with Crippen LogP contribution < -0.4 is 11.0 Å². The molecule has 2 aromatic heterocycles. The minimum Gasteiger partial charge on any atom is -0.463 e. The van der Waals surface area contributed by atoms with Crippen LogP contribution in [0.25, 0.3) is 11.5 Å². The lowest BCUT2D eigenvalue weighted by atomic mass is 10.2. The number of furan rings is 1. The molecule has 0 aromatic carbocycles. The molecule has 0 aliphatic carbocycles. The molecule has 1 amide bonds. The lowest BCUT2D eigenvalue weighted by Gasteiger charge is -2.07. The normalized spacial score (nSPS) is 10.7. The van der Waals surface area contributed by atoms with Gasteiger partial charge in [-0.25, -0.2) is 4.79 Å². The van der Waals surface area contributed by atoms with Crippen molar-refractivity contribution in [1.82, 2.24) is 15.3 Å². The molecule has 0 radical (unpaired) electrons. The van der Waals surface area contributed by atoms with Gasteiger partial charge in [-0.15, -0.1) is 0 Å². The summed E-state index contributed by atoms with van der Waals surface area (Å²) in [6, 6.07) is 4.89. The number of hydrogen-bond acceptors (Lipinski definition) is 4. The maximum Gasteiger partial charge on any atom is 0.346 e. The average molecular weight is 261 g/mol. The summed E-state index contributed by atoms with van der Waals surface area (Å²) in [6.45, 7) is 4.50. The lowest BCUT2D eigenvalue weighted by molar-refractivity contribution is 0.0943. The average Bonchev–Trinajstić information content (AvgIpc) is 2.89. The van der Waals surface area contributed by atoms with Gasteiger partial charge in [0.1, 0.15) is 11.5 Å². The zero-order chi connectivity index (χ0) is 13.8. The number of carbonyl (C=O) groups excluding carboxylic acids is 1. The number of rotatable bonds is 4. The van der Waals surface area contributed by atoms with Crippen molar-refractivity contribution < 1.29 is 9.21 Å². The van der Waals surface area contributed by atoms with Crippen LogP contribution in [-0.4, -0.2) is 22.4 Å². The van der Waals surface area contributed by atoms with Crippen molar-refractivity contribution >= 4 is 5.91 Å². The number of aromatic nitrogens is 2. The third-order valence-corrected chi connectivity index (χ3v) is 2.43. The summed E-state index contributed by atoms with van der Waals surface area (Å²) in [5, 5.41) is 2.71. The summed E-state index contributed by atoms with van der Waals surface area (Å²) >= 11 is 0. The monoisotopic (exact) mass is 261 g/mol. The van der Waals surface area contributed by atoms with Crippen LogP contribution in [0.3, 0.4) is 0 Å². The van der Waals surface area contributed by atoms with Gasteiger partial charge in [0, 0.05) is 6.54 Å². The van der Waals surface area contributed by atoms with Crippen LogP contribution in [0.4, 0.5) is 0 Å². The Balaban J connectivity index is 2.27. The Hall–Kier alpha value is -2.37. The summed E-state index contributed by atoms with van der Waals surface area (Å²) in [5.41, 5.74) is -0.0703. The second kappa shape index (κ2) is 5.51. The molecule has 2 aromatic rings. The molecule has 0 fully saturated rings. The van der Waals surface area contributed by atoms with Crippen molar-refractivity contribution in [2.24, 2.45) is 5.92 Å². The van der Waals surface area contributed by atoms with Crippen molar-refractivity contribution in [2.75, 3.05) is 6.54 Å². The zero-order valence-corrected chi connectivity index (χ0v) is 10.8. The summed E-state index contributed by atoms with van der Waals surface area (Å²) in [5.74, 6) is 0.445. The molecule has 0 atom stereocenters. The molecule has 2 rings (SSSR count). The molecule has 6 heteroatoms. The smallest absolute Gasteiger partial charge is 0.346 e. The Morgan fingerprint density at radius 3 is 2.95 bits per heavy atom. The minimum absolute atomic E-state index is 0.0794. The first-order valence-corrected chi connectivity index (χ1v) is 5.99. The van der Waals surface area contributed by atoms with Crippen molar-refractivity contribution in [2.45, 2.75) is 13.8 Å². The highest BCUT2D eigenvalue weighted by atomic mass is 16.3. The Morgan fingerprint density at radius 1 is 1.53 bits per heavy atom. The van der Waals surface area contributed by atoms with Crippen LogP contribution in [0.1, 0.15) is 24.3 Å². The number of hydrogen-bond donors (Lipinski definition) is 2. The summed E-state index contributed by atoms with van der Waals surface area (Å²) in [4.78, 5) is 29.5. The molecule has 0 aliphatic heterocycles. The lowest BCUT2D eigenvalue weighted by Crippen LogP contribution is -2.30. The van der Waals surface area contributed by atoms with E-state index in [0.717, 1.165) is 0 Å². The Labute approximate surface area is 109 Å². The number of H-pyrrole nitrogens is 1.